The number of hydrogen-bond acceptors (Lipinski definition) is 6. The van der Waals surface area contributed by atoms with Gasteiger partial charge in [0.05, 0.1) is 20.8 Å². The standard InChI is InChI=1S/C14H8Cl3N3O3S/c1-6-5-24-14-19-7(2-9(21)20(6)14)4-23-13(22)12-11(17)10(16)8(15)3-18-12/h2-3,5H,4H2,1H3. The zero-order valence-electron chi connectivity index (χ0n) is 12.0. The van der Waals surface area contributed by atoms with Crippen molar-refractivity contribution >= 4 is 57.1 Å². The molecule has 0 N–H and O–H groups in total. The fraction of sp³-hybridized carbons (Fsp3) is 0.143. The van der Waals surface area contributed by atoms with E-state index in [1.807, 2.05) is 12.3 Å². The topological polar surface area (TPSA) is 73.6 Å². The molecule has 0 amide bonds. The van der Waals surface area contributed by atoms with Gasteiger partial charge in [-0.3, -0.25) is 9.20 Å². The van der Waals surface area contributed by atoms with Crippen molar-refractivity contribution in [3.05, 3.63) is 60.1 Å². The molecule has 0 aliphatic heterocycles. The molecular formula is C14H8Cl3N3O3S. The second-order valence-corrected chi connectivity index (χ2v) is 6.74. The Bertz CT molecular complexity index is 1020. The molecule has 24 heavy (non-hydrogen) atoms. The van der Waals surface area contributed by atoms with Crippen LogP contribution < -0.4 is 5.56 Å². The minimum atomic E-state index is -0.789. The number of carbonyl (C=O) groups excluding carboxylic acids is 1. The highest BCUT2D eigenvalue weighted by Crippen LogP contribution is 2.31. The smallest absolute Gasteiger partial charge is 0.358 e. The number of fused-ring (bicyclic) bond motifs is 1. The first-order valence-electron chi connectivity index (χ1n) is 6.52. The van der Waals surface area contributed by atoms with Crippen LogP contribution in [0, 0.1) is 6.92 Å². The van der Waals surface area contributed by atoms with E-state index in [1.54, 1.807) is 0 Å². The first kappa shape index (κ1) is 17.2. The van der Waals surface area contributed by atoms with Gasteiger partial charge in [-0.1, -0.05) is 34.8 Å². The van der Waals surface area contributed by atoms with E-state index in [2.05, 4.69) is 9.97 Å². The zero-order valence-corrected chi connectivity index (χ0v) is 15.1. The third kappa shape index (κ3) is 3.12. The van der Waals surface area contributed by atoms with Crippen LogP contribution in [0.4, 0.5) is 0 Å². The second-order valence-electron chi connectivity index (χ2n) is 4.74. The maximum atomic E-state index is 12.1. The molecule has 0 bridgehead atoms. The predicted molar refractivity (Wildman–Crippen MR) is 92.5 cm³/mol. The number of esters is 1. The van der Waals surface area contributed by atoms with E-state index in [9.17, 15) is 9.59 Å². The maximum absolute atomic E-state index is 12.1. The monoisotopic (exact) mass is 403 g/mol. The van der Waals surface area contributed by atoms with Gasteiger partial charge in [-0.05, 0) is 6.92 Å². The van der Waals surface area contributed by atoms with Crippen molar-refractivity contribution in [2.45, 2.75) is 13.5 Å². The molecule has 10 heteroatoms. The SMILES string of the molecule is Cc1csc2nc(COC(=O)c3ncc(Cl)c(Cl)c3Cl)cc(=O)n12. The molecule has 0 saturated heterocycles. The largest absolute Gasteiger partial charge is 0.454 e. The molecule has 6 nitrogen and oxygen atoms in total. The van der Waals surface area contributed by atoms with Gasteiger partial charge in [0, 0.05) is 23.3 Å². The van der Waals surface area contributed by atoms with E-state index in [0.717, 1.165) is 5.69 Å². The van der Waals surface area contributed by atoms with Crippen LogP contribution in [0.2, 0.25) is 15.1 Å². The summed E-state index contributed by atoms with van der Waals surface area (Å²) in [4.78, 5) is 32.8. The lowest BCUT2D eigenvalue weighted by molar-refractivity contribution is 0.0461. The molecule has 124 valence electrons. The van der Waals surface area contributed by atoms with E-state index >= 15 is 0 Å². The average Bonchev–Trinajstić information content (AvgIpc) is 2.92. The number of halogens is 3. The van der Waals surface area contributed by atoms with Crippen LogP contribution in [0.5, 0.6) is 0 Å². The zero-order chi connectivity index (χ0) is 17.4. The number of ether oxygens (including phenoxy) is 1. The highest BCUT2D eigenvalue weighted by Gasteiger charge is 2.19. The Kier molecular flexibility index (Phi) is 4.78. The Morgan fingerprint density at radius 2 is 2.08 bits per heavy atom. The Hall–Kier alpha value is -1.67. The normalized spacial score (nSPS) is 11.0. The summed E-state index contributed by atoms with van der Waals surface area (Å²) in [6, 6.07) is 1.31. The van der Waals surface area contributed by atoms with Gasteiger partial charge < -0.3 is 4.74 Å². The summed E-state index contributed by atoms with van der Waals surface area (Å²) in [6.45, 7) is 1.62. The van der Waals surface area contributed by atoms with Gasteiger partial charge in [-0.25, -0.2) is 14.8 Å². The summed E-state index contributed by atoms with van der Waals surface area (Å²) in [5.41, 5.74) is 0.723. The van der Waals surface area contributed by atoms with Crippen molar-refractivity contribution in [1.82, 2.24) is 14.4 Å². The maximum Gasteiger partial charge on any atom is 0.358 e. The Labute approximate surface area is 154 Å². The lowest BCUT2D eigenvalue weighted by Gasteiger charge is -2.07. The fourth-order valence-corrected chi connectivity index (χ4v) is 3.42. The summed E-state index contributed by atoms with van der Waals surface area (Å²) in [5, 5.41) is 1.88. The summed E-state index contributed by atoms with van der Waals surface area (Å²) < 4.78 is 6.59. The molecule has 0 atom stereocenters. The van der Waals surface area contributed by atoms with Crippen LogP contribution >= 0.6 is 46.1 Å². The Morgan fingerprint density at radius 3 is 2.83 bits per heavy atom. The first-order valence-corrected chi connectivity index (χ1v) is 8.53. The van der Waals surface area contributed by atoms with Crippen molar-refractivity contribution in [3.63, 3.8) is 0 Å². The van der Waals surface area contributed by atoms with Gasteiger partial charge >= 0.3 is 5.97 Å². The number of pyridine rings is 1. The van der Waals surface area contributed by atoms with Crippen LogP contribution in [-0.4, -0.2) is 20.3 Å². The lowest BCUT2D eigenvalue weighted by atomic mass is 10.3. The van der Waals surface area contributed by atoms with Crippen LogP contribution in [0.1, 0.15) is 21.9 Å². The highest BCUT2D eigenvalue weighted by molar-refractivity contribution is 7.15. The predicted octanol–water partition coefficient (Wildman–Crippen LogP) is 3.78. The fourth-order valence-electron chi connectivity index (χ4n) is 1.97. The van der Waals surface area contributed by atoms with E-state index in [-0.39, 0.29) is 32.9 Å². The van der Waals surface area contributed by atoms with Gasteiger partial charge in [0.15, 0.2) is 10.7 Å². The molecule has 3 heterocycles. The number of nitrogens with zero attached hydrogens (tertiary/aromatic N) is 3. The summed E-state index contributed by atoms with van der Waals surface area (Å²) in [5.74, 6) is -0.789. The number of rotatable bonds is 3. The van der Waals surface area contributed by atoms with Crippen LogP contribution in [-0.2, 0) is 11.3 Å². The summed E-state index contributed by atoms with van der Waals surface area (Å²) in [6.07, 6.45) is 1.21. The quantitative estimate of drug-likeness (QED) is 0.621. The van der Waals surface area contributed by atoms with Crippen molar-refractivity contribution < 1.29 is 9.53 Å². The summed E-state index contributed by atoms with van der Waals surface area (Å²) in [7, 11) is 0. The number of thiazole rings is 1. The number of carbonyl (C=O) groups is 1. The molecule has 0 radical (unpaired) electrons. The molecule has 0 aromatic carbocycles. The molecule has 0 aliphatic rings. The van der Waals surface area contributed by atoms with E-state index < -0.39 is 5.97 Å². The van der Waals surface area contributed by atoms with Gasteiger partial charge in [0.2, 0.25) is 0 Å². The van der Waals surface area contributed by atoms with Gasteiger partial charge in [-0.2, -0.15) is 0 Å². The number of hydrogen-bond donors (Lipinski definition) is 0. The molecule has 3 aromatic rings. The third-order valence-electron chi connectivity index (χ3n) is 3.09. The van der Waals surface area contributed by atoms with Crippen LogP contribution in [0.25, 0.3) is 4.96 Å². The molecular weight excluding hydrogens is 397 g/mol. The average molecular weight is 405 g/mol. The molecule has 3 aromatic heterocycles. The third-order valence-corrected chi connectivity index (χ3v) is 5.27. The Balaban J connectivity index is 1.82. The van der Waals surface area contributed by atoms with Crippen molar-refractivity contribution in [3.8, 4) is 0 Å². The molecule has 0 spiro atoms. The minimum absolute atomic E-state index is 0.0205. The van der Waals surface area contributed by atoms with Gasteiger partial charge in [0.1, 0.15) is 6.61 Å². The van der Waals surface area contributed by atoms with E-state index in [1.165, 1.54) is 28.0 Å². The lowest BCUT2D eigenvalue weighted by Crippen LogP contribution is -2.16. The van der Waals surface area contributed by atoms with E-state index in [4.69, 9.17) is 39.5 Å². The molecule has 0 saturated carbocycles. The Morgan fingerprint density at radius 1 is 1.33 bits per heavy atom. The van der Waals surface area contributed by atoms with Crippen molar-refractivity contribution in [2.24, 2.45) is 0 Å². The molecule has 0 aliphatic carbocycles. The van der Waals surface area contributed by atoms with Crippen molar-refractivity contribution in [1.29, 1.82) is 0 Å². The van der Waals surface area contributed by atoms with E-state index in [0.29, 0.717) is 10.7 Å². The number of aryl methyl sites for hydroxylation is 1. The molecule has 3 rings (SSSR count). The molecule has 0 fully saturated rings. The van der Waals surface area contributed by atoms with Gasteiger partial charge in [-0.15, -0.1) is 11.3 Å². The second kappa shape index (κ2) is 6.68. The van der Waals surface area contributed by atoms with Crippen molar-refractivity contribution in [2.75, 3.05) is 0 Å². The van der Waals surface area contributed by atoms with Crippen LogP contribution in [0.15, 0.2) is 22.4 Å². The van der Waals surface area contributed by atoms with Crippen LogP contribution in [0.3, 0.4) is 0 Å². The first-order chi connectivity index (χ1) is 11.4. The molecule has 0 unspecified atom stereocenters. The minimum Gasteiger partial charge on any atom is -0.454 e. The summed E-state index contributed by atoms with van der Waals surface area (Å²) >= 11 is 18.9. The van der Waals surface area contributed by atoms with Gasteiger partial charge in [0.25, 0.3) is 5.56 Å². The number of aromatic nitrogens is 3. The highest BCUT2D eigenvalue weighted by atomic mass is 35.5.